The van der Waals surface area contributed by atoms with E-state index in [0.717, 1.165) is 37.3 Å². The first-order chi connectivity index (χ1) is 15.1. The first-order valence-electron chi connectivity index (χ1n) is 11.1. The van der Waals surface area contributed by atoms with Crippen molar-refractivity contribution in [3.63, 3.8) is 0 Å². The smallest absolute Gasteiger partial charge is 0.231 e. The van der Waals surface area contributed by atoms with Crippen molar-refractivity contribution in [2.24, 2.45) is 5.73 Å². The SMILES string of the molecule is CC1CCc2ncnc(N3CCN(C(=O)C(CNCCN)c4ccc(Cl)cc4)CC3)c21. The highest BCUT2D eigenvalue weighted by molar-refractivity contribution is 6.30. The van der Waals surface area contributed by atoms with Gasteiger partial charge in [-0.25, -0.2) is 9.97 Å². The third-order valence-electron chi connectivity index (χ3n) is 6.38. The van der Waals surface area contributed by atoms with Gasteiger partial charge in [0.05, 0.1) is 5.92 Å². The van der Waals surface area contributed by atoms with E-state index in [0.29, 0.717) is 43.7 Å². The molecule has 1 aromatic heterocycles. The van der Waals surface area contributed by atoms with Crippen molar-refractivity contribution >= 4 is 23.3 Å². The number of carbonyl (C=O) groups excluding carboxylic acids is 1. The zero-order chi connectivity index (χ0) is 21.8. The van der Waals surface area contributed by atoms with Gasteiger partial charge in [0.15, 0.2) is 0 Å². The van der Waals surface area contributed by atoms with Crippen LogP contribution < -0.4 is 16.0 Å². The minimum Gasteiger partial charge on any atom is -0.353 e. The normalized spacial score (nSPS) is 19.4. The van der Waals surface area contributed by atoms with Crippen LogP contribution in [0.25, 0.3) is 0 Å². The van der Waals surface area contributed by atoms with Crippen molar-refractivity contribution in [3.8, 4) is 0 Å². The van der Waals surface area contributed by atoms with E-state index in [1.165, 1.54) is 11.3 Å². The number of nitrogens with zero attached hydrogens (tertiary/aromatic N) is 4. The molecular formula is C23H31ClN6O. The molecule has 3 N–H and O–H groups in total. The Bertz CT molecular complexity index is 897. The van der Waals surface area contributed by atoms with Gasteiger partial charge in [0.25, 0.3) is 0 Å². The predicted octanol–water partition coefficient (Wildman–Crippen LogP) is 2.16. The highest BCUT2D eigenvalue weighted by Gasteiger charge is 2.31. The van der Waals surface area contributed by atoms with Crippen LogP contribution in [-0.2, 0) is 11.2 Å². The fourth-order valence-electron chi connectivity index (χ4n) is 4.63. The van der Waals surface area contributed by atoms with Gasteiger partial charge in [0, 0.05) is 62.1 Å². The Morgan fingerprint density at radius 1 is 1.23 bits per heavy atom. The molecule has 1 aliphatic heterocycles. The van der Waals surface area contributed by atoms with E-state index in [2.05, 4.69) is 27.1 Å². The average Bonchev–Trinajstić information content (AvgIpc) is 3.18. The number of aromatic nitrogens is 2. The summed E-state index contributed by atoms with van der Waals surface area (Å²) in [5, 5.41) is 3.97. The monoisotopic (exact) mass is 442 g/mol. The lowest BCUT2D eigenvalue weighted by Crippen LogP contribution is -2.51. The lowest BCUT2D eigenvalue weighted by atomic mass is 9.97. The number of carbonyl (C=O) groups is 1. The molecule has 31 heavy (non-hydrogen) atoms. The second kappa shape index (κ2) is 9.94. The number of anilines is 1. The van der Waals surface area contributed by atoms with Crippen LogP contribution in [0, 0.1) is 0 Å². The molecule has 1 saturated heterocycles. The summed E-state index contributed by atoms with van der Waals surface area (Å²) < 4.78 is 0. The van der Waals surface area contributed by atoms with Crippen molar-refractivity contribution in [1.82, 2.24) is 20.2 Å². The number of hydrogen-bond acceptors (Lipinski definition) is 6. The molecule has 1 aliphatic carbocycles. The molecule has 2 aromatic rings. The molecule has 0 radical (unpaired) electrons. The second-order valence-electron chi connectivity index (χ2n) is 8.41. The second-order valence-corrected chi connectivity index (χ2v) is 8.84. The molecule has 2 heterocycles. The number of nitrogens with one attached hydrogen (secondary N) is 1. The van der Waals surface area contributed by atoms with Gasteiger partial charge in [-0.3, -0.25) is 4.79 Å². The minimum absolute atomic E-state index is 0.146. The first-order valence-corrected chi connectivity index (χ1v) is 11.5. The van der Waals surface area contributed by atoms with E-state index in [-0.39, 0.29) is 11.8 Å². The van der Waals surface area contributed by atoms with Gasteiger partial charge in [-0.05, 0) is 36.5 Å². The van der Waals surface area contributed by atoms with Crippen molar-refractivity contribution in [3.05, 3.63) is 52.4 Å². The molecule has 8 heteroatoms. The van der Waals surface area contributed by atoms with Crippen LogP contribution in [0.4, 0.5) is 5.82 Å². The highest BCUT2D eigenvalue weighted by atomic mass is 35.5. The summed E-state index contributed by atoms with van der Waals surface area (Å²) in [5.74, 6) is 1.45. The summed E-state index contributed by atoms with van der Waals surface area (Å²) in [4.78, 5) is 26.8. The molecule has 0 spiro atoms. The number of amides is 1. The Morgan fingerprint density at radius 2 is 1.97 bits per heavy atom. The first kappa shape index (κ1) is 22.0. The van der Waals surface area contributed by atoms with Gasteiger partial charge in [-0.2, -0.15) is 0 Å². The zero-order valence-electron chi connectivity index (χ0n) is 18.1. The van der Waals surface area contributed by atoms with Gasteiger partial charge in [0.2, 0.25) is 5.91 Å². The summed E-state index contributed by atoms with van der Waals surface area (Å²) in [6.45, 7) is 6.99. The number of fused-ring (bicyclic) bond motifs is 1. The maximum absolute atomic E-state index is 13.4. The predicted molar refractivity (Wildman–Crippen MR) is 124 cm³/mol. The zero-order valence-corrected chi connectivity index (χ0v) is 18.8. The van der Waals surface area contributed by atoms with E-state index in [1.807, 2.05) is 29.2 Å². The van der Waals surface area contributed by atoms with Crippen LogP contribution >= 0.6 is 11.6 Å². The van der Waals surface area contributed by atoms with Crippen molar-refractivity contribution < 1.29 is 4.79 Å². The number of benzene rings is 1. The molecular weight excluding hydrogens is 412 g/mol. The molecule has 0 saturated carbocycles. The Hall–Kier alpha value is -2.22. The quantitative estimate of drug-likeness (QED) is 0.639. The summed E-state index contributed by atoms with van der Waals surface area (Å²) >= 11 is 6.05. The molecule has 1 amide bonds. The minimum atomic E-state index is -0.251. The standard InChI is InChI=1S/C23H31ClN6O/c1-16-2-7-20-21(16)22(28-15-27-20)29-10-12-30(13-11-29)23(31)19(14-26-9-8-25)17-3-5-18(24)6-4-17/h3-6,15-16,19,26H,2,7-14,25H2,1H3. The molecule has 1 aromatic carbocycles. The van der Waals surface area contributed by atoms with E-state index in [9.17, 15) is 4.79 Å². The Labute approximate surface area is 189 Å². The van der Waals surface area contributed by atoms with Gasteiger partial charge in [0.1, 0.15) is 12.1 Å². The van der Waals surface area contributed by atoms with Crippen LogP contribution in [0.15, 0.2) is 30.6 Å². The number of piperazine rings is 1. The van der Waals surface area contributed by atoms with Crippen molar-refractivity contribution in [2.75, 3.05) is 50.7 Å². The molecule has 0 bridgehead atoms. The van der Waals surface area contributed by atoms with Crippen LogP contribution in [0.1, 0.15) is 42.0 Å². The van der Waals surface area contributed by atoms with E-state index < -0.39 is 0 Å². The third kappa shape index (κ3) is 4.84. The Morgan fingerprint density at radius 3 is 2.68 bits per heavy atom. The fraction of sp³-hybridized carbons (Fsp3) is 0.522. The van der Waals surface area contributed by atoms with Crippen LogP contribution in [0.3, 0.4) is 0 Å². The largest absolute Gasteiger partial charge is 0.353 e. The van der Waals surface area contributed by atoms with Gasteiger partial charge in [-0.15, -0.1) is 0 Å². The molecule has 2 atom stereocenters. The van der Waals surface area contributed by atoms with Crippen molar-refractivity contribution in [1.29, 1.82) is 0 Å². The van der Waals surface area contributed by atoms with E-state index in [1.54, 1.807) is 6.33 Å². The number of nitrogens with two attached hydrogens (primary N) is 1. The molecule has 166 valence electrons. The summed E-state index contributed by atoms with van der Waals surface area (Å²) in [5.41, 5.74) is 9.08. The Kier molecular flexibility index (Phi) is 7.05. The highest BCUT2D eigenvalue weighted by Crippen LogP contribution is 2.37. The topological polar surface area (TPSA) is 87.4 Å². The molecule has 4 rings (SSSR count). The van der Waals surface area contributed by atoms with Gasteiger partial charge >= 0.3 is 0 Å². The lowest BCUT2D eigenvalue weighted by molar-refractivity contribution is -0.133. The number of halogens is 1. The summed E-state index contributed by atoms with van der Waals surface area (Å²) in [6.07, 6.45) is 3.85. The van der Waals surface area contributed by atoms with E-state index >= 15 is 0 Å². The number of hydrogen-bond donors (Lipinski definition) is 2. The number of rotatable bonds is 7. The van der Waals surface area contributed by atoms with Crippen LogP contribution in [0.5, 0.6) is 0 Å². The third-order valence-corrected chi connectivity index (χ3v) is 6.64. The lowest BCUT2D eigenvalue weighted by Gasteiger charge is -2.38. The fourth-order valence-corrected chi connectivity index (χ4v) is 4.75. The maximum Gasteiger partial charge on any atom is 0.231 e. The molecule has 1 fully saturated rings. The van der Waals surface area contributed by atoms with Crippen molar-refractivity contribution in [2.45, 2.75) is 31.6 Å². The molecule has 2 aliphatic rings. The molecule has 7 nitrogen and oxygen atoms in total. The maximum atomic E-state index is 13.4. The van der Waals surface area contributed by atoms with Gasteiger partial charge < -0.3 is 20.9 Å². The summed E-state index contributed by atoms with van der Waals surface area (Å²) in [7, 11) is 0. The average molecular weight is 443 g/mol. The molecule has 2 unspecified atom stereocenters. The Balaban J connectivity index is 1.45. The summed E-state index contributed by atoms with van der Waals surface area (Å²) in [6, 6.07) is 7.57. The van der Waals surface area contributed by atoms with Crippen LogP contribution in [0.2, 0.25) is 5.02 Å². The van der Waals surface area contributed by atoms with Gasteiger partial charge in [-0.1, -0.05) is 30.7 Å². The van der Waals surface area contributed by atoms with E-state index in [4.69, 9.17) is 17.3 Å². The number of aryl methyl sites for hydroxylation is 1. The van der Waals surface area contributed by atoms with Crippen LogP contribution in [-0.4, -0.2) is 66.6 Å².